The number of hydrogen-bond acceptors (Lipinski definition) is 6. The van der Waals surface area contributed by atoms with E-state index < -0.39 is 29.6 Å². The van der Waals surface area contributed by atoms with E-state index >= 15 is 0 Å². The van der Waals surface area contributed by atoms with Crippen molar-refractivity contribution in [3.05, 3.63) is 126 Å². The third-order valence-corrected chi connectivity index (χ3v) is 8.09. The molecule has 0 unspecified atom stereocenters. The maximum absolute atomic E-state index is 13.6. The highest BCUT2D eigenvalue weighted by atomic mass is 19.4. The number of nitrogens with one attached hydrogen (secondary N) is 1. The number of fused-ring (bicyclic) bond motifs is 1. The van der Waals surface area contributed by atoms with Gasteiger partial charge in [0.2, 0.25) is 5.91 Å². The number of aromatic nitrogens is 2. The summed E-state index contributed by atoms with van der Waals surface area (Å²) in [5.74, 6) is -0.797. The van der Waals surface area contributed by atoms with Crippen molar-refractivity contribution in [2.75, 3.05) is 38.3 Å². The molecule has 0 radical (unpaired) electrons. The van der Waals surface area contributed by atoms with Crippen molar-refractivity contribution in [2.24, 2.45) is 0 Å². The molecule has 0 bridgehead atoms. The van der Waals surface area contributed by atoms with Gasteiger partial charge in [-0.15, -0.1) is 0 Å². The van der Waals surface area contributed by atoms with E-state index in [1.54, 1.807) is 59.5 Å². The Morgan fingerprint density at radius 3 is 2.33 bits per heavy atom. The lowest BCUT2D eigenvalue weighted by molar-refractivity contribution is -0.138. The molecule has 6 rings (SSSR count). The van der Waals surface area contributed by atoms with E-state index in [4.69, 9.17) is 4.74 Å². The highest BCUT2D eigenvalue weighted by Gasteiger charge is 2.31. The van der Waals surface area contributed by atoms with E-state index in [2.05, 4.69) is 15.3 Å². The molecule has 1 fully saturated rings. The van der Waals surface area contributed by atoms with Crippen LogP contribution in [-0.2, 0) is 15.7 Å². The van der Waals surface area contributed by atoms with Crippen molar-refractivity contribution >= 4 is 34.4 Å². The topological polar surface area (TPSA) is 105 Å². The summed E-state index contributed by atoms with van der Waals surface area (Å²) in [6.07, 6.45) is -3.02. The van der Waals surface area contributed by atoms with Crippen LogP contribution >= 0.6 is 0 Å². The van der Waals surface area contributed by atoms with Gasteiger partial charge in [0.25, 0.3) is 11.8 Å². The summed E-state index contributed by atoms with van der Waals surface area (Å²) >= 11 is 0. The molecule has 1 saturated heterocycles. The molecule has 2 aromatic heterocycles. The highest BCUT2D eigenvalue weighted by molar-refractivity contribution is 6.09. The van der Waals surface area contributed by atoms with E-state index in [1.165, 1.54) is 30.3 Å². The molecular formula is C36H30F3N5O4. The number of anilines is 1. The molecule has 0 saturated carbocycles. The van der Waals surface area contributed by atoms with Gasteiger partial charge >= 0.3 is 6.18 Å². The van der Waals surface area contributed by atoms with Crippen LogP contribution in [0.3, 0.4) is 0 Å². The third-order valence-electron chi connectivity index (χ3n) is 8.09. The summed E-state index contributed by atoms with van der Waals surface area (Å²) in [5.41, 5.74) is 1.49. The molecule has 1 N–H and O–H groups in total. The molecular weight excluding hydrogens is 623 g/mol. The van der Waals surface area contributed by atoms with Gasteiger partial charge in [0.1, 0.15) is 11.9 Å². The maximum atomic E-state index is 13.6. The fourth-order valence-corrected chi connectivity index (χ4v) is 5.47. The third kappa shape index (κ3) is 6.88. The Morgan fingerprint density at radius 2 is 1.62 bits per heavy atom. The zero-order valence-electron chi connectivity index (χ0n) is 25.8. The predicted octanol–water partition coefficient (Wildman–Crippen LogP) is 5.92. The van der Waals surface area contributed by atoms with Gasteiger partial charge in [0.15, 0.2) is 0 Å². The lowest BCUT2D eigenvalue weighted by Gasteiger charge is -2.31. The normalized spacial score (nSPS) is 14.0. The van der Waals surface area contributed by atoms with E-state index in [9.17, 15) is 27.6 Å². The van der Waals surface area contributed by atoms with Crippen molar-refractivity contribution in [2.45, 2.75) is 12.2 Å². The quantitative estimate of drug-likeness (QED) is 0.234. The Hall–Kier alpha value is -5.62. The molecule has 9 nitrogen and oxygen atoms in total. The van der Waals surface area contributed by atoms with Crippen LogP contribution in [0.15, 0.2) is 103 Å². The number of carbonyl (C=O) groups excluding carboxylic acids is 3. The molecule has 0 spiro atoms. The number of hydrogen-bond donors (Lipinski definition) is 1. The number of nitrogens with zero attached hydrogens (tertiary/aromatic N) is 4. The van der Waals surface area contributed by atoms with Crippen LogP contribution in [0.5, 0.6) is 0 Å². The fraction of sp³-hybridized carbons (Fsp3) is 0.194. The summed E-state index contributed by atoms with van der Waals surface area (Å²) in [5, 5.41) is 3.53. The number of ether oxygens (including phenoxy) is 1. The standard InChI is InChI=1S/C36H30F3N5O4/c1-43(34(46)28-8-5-17-40-31(28)24-9-13-27(14-10-24)36(37,38)39)30-16-12-25-22-26(11-15-29(25)41-30)33(45)42-32(23-6-3-2-4-7-23)35(47)44-18-20-48-21-19-44/h2-17,22,32H,18-21H2,1H3,(H,42,45)/t32-/m0/s1. The number of amides is 3. The Morgan fingerprint density at radius 1 is 0.896 bits per heavy atom. The molecule has 5 aromatic rings. The summed E-state index contributed by atoms with van der Waals surface area (Å²) in [6, 6.07) is 24.0. The molecule has 3 amide bonds. The molecule has 244 valence electrons. The van der Waals surface area contributed by atoms with E-state index in [0.29, 0.717) is 59.7 Å². The van der Waals surface area contributed by atoms with Crippen molar-refractivity contribution in [3.63, 3.8) is 0 Å². The van der Waals surface area contributed by atoms with Crippen molar-refractivity contribution < 1.29 is 32.3 Å². The maximum Gasteiger partial charge on any atom is 0.416 e. The smallest absolute Gasteiger partial charge is 0.378 e. The molecule has 3 aromatic carbocycles. The van der Waals surface area contributed by atoms with Crippen molar-refractivity contribution in [1.82, 2.24) is 20.2 Å². The van der Waals surface area contributed by atoms with Crippen LogP contribution in [0.1, 0.15) is 37.9 Å². The van der Waals surface area contributed by atoms with Crippen LogP contribution in [0.4, 0.5) is 19.0 Å². The molecule has 3 heterocycles. The van der Waals surface area contributed by atoms with Gasteiger partial charge in [-0.05, 0) is 60.2 Å². The first-order valence-corrected chi connectivity index (χ1v) is 15.1. The Labute approximate surface area is 274 Å². The SMILES string of the molecule is CN(C(=O)c1cccnc1-c1ccc(C(F)(F)F)cc1)c1ccc2cc(C(=O)N[C@H](C(=O)N3CCOCC3)c3ccccc3)ccc2n1. The number of halogens is 3. The van der Waals surface area contributed by atoms with Crippen LogP contribution in [0, 0.1) is 0 Å². The lowest BCUT2D eigenvalue weighted by Crippen LogP contribution is -2.47. The first-order chi connectivity index (χ1) is 23.1. The molecule has 1 aliphatic heterocycles. The minimum absolute atomic E-state index is 0.188. The Balaban J connectivity index is 1.21. The summed E-state index contributed by atoms with van der Waals surface area (Å²) in [6.45, 7) is 1.75. The van der Waals surface area contributed by atoms with Crippen LogP contribution in [-0.4, -0.2) is 65.9 Å². The zero-order valence-corrected chi connectivity index (χ0v) is 25.8. The molecule has 1 aliphatic rings. The lowest BCUT2D eigenvalue weighted by atomic mass is 10.0. The average molecular weight is 654 g/mol. The van der Waals surface area contributed by atoms with Crippen molar-refractivity contribution in [3.8, 4) is 11.3 Å². The summed E-state index contributed by atoms with van der Waals surface area (Å²) < 4.78 is 44.6. The Kier molecular flexibility index (Phi) is 9.17. The molecule has 1 atom stereocenters. The molecule has 48 heavy (non-hydrogen) atoms. The van der Waals surface area contributed by atoms with Gasteiger partial charge in [0.05, 0.1) is 35.6 Å². The van der Waals surface area contributed by atoms with Crippen LogP contribution < -0.4 is 10.2 Å². The van der Waals surface area contributed by atoms with Gasteiger partial charge in [-0.3, -0.25) is 24.3 Å². The zero-order chi connectivity index (χ0) is 33.8. The second kappa shape index (κ2) is 13.6. The van der Waals surface area contributed by atoms with Gasteiger partial charge in [0, 0.05) is 42.8 Å². The number of pyridine rings is 2. The molecule has 12 heteroatoms. The number of benzene rings is 3. The van der Waals surface area contributed by atoms with Gasteiger partial charge < -0.3 is 15.0 Å². The van der Waals surface area contributed by atoms with Gasteiger partial charge in [-0.25, -0.2) is 4.98 Å². The summed E-state index contributed by atoms with van der Waals surface area (Å²) in [7, 11) is 1.54. The number of carbonyl (C=O) groups is 3. The Bertz CT molecular complexity index is 1960. The second-order valence-corrected chi connectivity index (χ2v) is 11.2. The number of rotatable bonds is 7. The first-order valence-electron chi connectivity index (χ1n) is 15.1. The predicted molar refractivity (Wildman–Crippen MR) is 173 cm³/mol. The van der Waals surface area contributed by atoms with Crippen LogP contribution in [0.2, 0.25) is 0 Å². The average Bonchev–Trinajstić information content (AvgIpc) is 3.12. The number of alkyl halides is 3. The fourth-order valence-electron chi connectivity index (χ4n) is 5.47. The van der Waals surface area contributed by atoms with E-state index in [-0.39, 0.29) is 17.2 Å². The highest BCUT2D eigenvalue weighted by Crippen LogP contribution is 2.32. The van der Waals surface area contributed by atoms with Gasteiger partial charge in [-0.2, -0.15) is 13.2 Å². The van der Waals surface area contributed by atoms with Crippen molar-refractivity contribution in [1.29, 1.82) is 0 Å². The minimum Gasteiger partial charge on any atom is -0.378 e. The number of morpholine rings is 1. The first kappa shape index (κ1) is 32.3. The van der Waals surface area contributed by atoms with Crippen LogP contribution in [0.25, 0.3) is 22.2 Å². The summed E-state index contributed by atoms with van der Waals surface area (Å²) in [4.78, 5) is 52.4. The monoisotopic (exact) mass is 653 g/mol. The molecule has 0 aliphatic carbocycles. The largest absolute Gasteiger partial charge is 0.416 e. The van der Waals surface area contributed by atoms with Gasteiger partial charge in [-0.1, -0.05) is 42.5 Å². The minimum atomic E-state index is -4.49. The van der Waals surface area contributed by atoms with E-state index in [1.807, 2.05) is 18.2 Å². The second-order valence-electron chi connectivity index (χ2n) is 11.2. The van der Waals surface area contributed by atoms with E-state index in [0.717, 1.165) is 12.1 Å².